The molecule has 4 aromatic rings. The van der Waals surface area contributed by atoms with Gasteiger partial charge in [0.2, 0.25) is 0 Å². The second-order valence-corrected chi connectivity index (χ2v) is 9.50. The molecule has 0 unspecified atom stereocenters. The molecular weight excluding hydrogens is 464 g/mol. The quantitative estimate of drug-likeness (QED) is 0.184. The summed E-state index contributed by atoms with van der Waals surface area (Å²) in [6.07, 6.45) is 0. The van der Waals surface area contributed by atoms with Crippen LogP contribution in [-0.4, -0.2) is 11.9 Å². The maximum atomic E-state index is 12.7. The summed E-state index contributed by atoms with van der Waals surface area (Å²) in [5.41, 5.74) is 2.83. The van der Waals surface area contributed by atoms with Gasteiger partial charge in [-0.1, -0.05) is 107 Å². The van der Waals surface area contributed by atoms with Crippen LogP contribution < -0.4 is 0 Å². The molecule has 0 aliphatic heterocycles. The van der Waals surface area contributed by atoms with E-state index >= 15 is 0 Å². The molecular formula is C28H22O4S2. The van der Waals surface area contributed by atoms with Crippen molar-refractivity contribution in [2.45, 2.75) is 23.0 Å². The third kappa shape index (κ3) is 6.53. The summed E-state index contributed by atoms with van der Waals surface area (Å²) in [6.45, 7) is 0.420. The third-order valence-electron chi connectivity index (χ3n) is 4.86. The molecule has 6 heteroatoms. The van der Waals surface area contributed by atoms with Crippen molar-refractivity contribution >= 4 is 33.5 Å². The van der Waals surface area contributed by atoms with Crippen LogP contribution in [0.25, 0.3) is 0 Å². The fourth-order valence-corrected chi connectivity index (χ4v) is 5.45. The first-order chi connectivity index (χ1) is 16.7. The zero-order chi connectivity index (χ0) is 23.6. The Bertz CT molecular complexity index is 1140. The number of esters is 2. The topological polar surface area (TPSA) is 52.6 Å². The van der Waals surface area contributed by atoms with E-state index < -0.39 is 0 Å². The van der Waals surface area contributed by atoms with E-state index in [1.807, 2.05) is 97.1 Å². The highest BCUT2D eigenvalue weighted by molar-refractivity contribution is 8.76. The average Bonchev–Trinajstić information content (AvgIpc) is 2.90. The smallest absolute Gasteiger partial charge is 0.339 e. The number of benzene rings is 4. The molecule has 0 amide bonds. The SMILES string of the molecule is O=C(OCc1ccccc1)c1ccccc1SSc1ccccc1C(=O)OCc1ccccc1. The van der Waals surface area contributed by atoms with Crippen LogP contribution in [0, 0.1) is 0 Å². The number of hydrogen-bond acceptors (Lipinski definition) is 6. The number of rotatable bonds is 9. The van der Waals surface area contributed by atoms with Crippen molar-refractivity contribution in [3.05, 3.63) is 131 Å². The Labute approximate surface area is 206 Å². The van der Waals surface area contributed by atoms with Crippen LogP contribution in [0.15, 0.2) is 119 Å². The van der Waals surface area contributed by atoms with Gasteiger partial charge < -0.3 is 9.47 Å². The second kappa shape index (κ2) is 12.1. The van der Waals surface area contributed by atoms with Crippen LogP contribution in [0.5, 0.6) is 0 Å². The van der Waals surface area contributed by atoms with Crippen molar-refractivity contribution in [3.8, 4) is 0 Å². The van der Waals surface area contributed by atoms with Gasteiger partial charge in [-0.25, -0.2) is 9.59 Å². The van der Waals surface area contributed by atoms with E-state index in [1.165, 1.54) is 21.6 Å². The van der Waals surface area contributed by atoms with Gasteiger partial charge in [-0.3, -0.25) is 0 Å². The van der Waals surface area contributed by atoms with Gasteiger partial charge in [0.1, 0.15) is 13.2 Å². The van der Waals surface area contributed by atoms with Crippen molar-refractivity contribution in [2.75, 3.05) is 0 Å². The van der Waals surface area contributed by atoms with Crippen molar-refractivity contribution in [3.63, 3.8) is 0 Å². The largest absolute Gasteiger partial charge is 0.457 e. The molecule has 0 saturated heterocycles. The standard InChI is InChI=1S/C28H22O4S2/c29-27(31-19-21-11-3-1-4-12-21)23-15-7-9-17-25(23)33-34-26-18-10-8-16-24(26)28(30)32-20-22-13-5-2-6-14-22/h1-18H,19-20H2. The molecule has 0 N–H and O–H groups in total. The molecule has 170 valence electrons. The van der Waals surface area contributed by atoms with Gasteiger partial charge in [0.25, 0.3) is 0 Å². The Balaban J connectivity index is 1.41. The lowest BCUT2D eigenvalue weighted by Gasteiger charge is -2.11. The van der Waals surface area contributed by atoms with E-state index in [1.54, 1.807) is 12.1 Å². The number of carbonyl (C=O) groups excluding carboxylic acids is 2. The molecule has 0 saturated carbocycles. The van der Waals surface area contributed by atoms with E-state index in [0.29, 0.717) is 11.1 Å². The lowest BCUT2D eigenvalue weighted by atomic mass is 10.2. The van der Waals surface area contributed by atoms with Crippen molar-refractivity contribution in [1.82, 2.24) is 0 Å². The van der Waals surface area contributed by atoms with Crippen molar-refractivity contribution in [1.29, 1.82) is 0 Å². The molecule has 4 rings (SSSR count). The first-order valence-corrected chi connectivity index (χ1v) is 12.8. The molecule has 0 spiro atoms. The summed E-state index contributed by atoms with van der Waals surface area (Å²) in [4.78, 5) is 27.0. The summed E-state index contributed by atoms with van der Waals surface area (Å²) in [5, 5.41) is 0. The van der Waals surface area contributed by atoms with Gasteiger partial charge in [0.15, 0.2) is 0 Å². The Morgan fingerprint density at radius 3 is 1.26 bits per heavy atom. The van der Waals surface area contributed by atoms with Gasteiger partial charge >= 0.3 is 11.9 Å². The number of carbonyl (C=O) groups is 2. The van der Waals surface area contributed by atoms with Crippen molar-refractivity contribution in [2.24, 2.45) is 0 Å². The van der Waals surface area contributed by atoms with Gasteiger partial charge in [0.05, 0.1) is 11.1 Å². The lowest BCUT2D eigenvalue weighted by Crippen LogP contribution is -2.07. The fraction of sp³-hybridized carbons (Fsp3) is 0.0714. The Morgan fingerprint density at radius 1 is 0.500 bits per heavy atom. The summed E-state index contributed by atoms with van der Waals surface area (Å²) < 4.78 is 11.0. The summed E-state index contributed by atoms with van der Waals surface area (Å²) in [7, 11) is 2.81. The van der Waals surface area contributed by atoms with Crippen molar-refractivity contribution < 1.29 is 19.1 Å². The monoisotopic (exact) mass is 486 g/mol. The van der Waals surface area contributed by atoms with Crippen LogP contribution in [0.2, 0.25) is 0 Å². The van der Waals surface area contributed by atoms with E-state index in [9.17, 15) is 9.59 Å². The Morgan fingerprint density at radius 2 is 0.853 bits per heavy atom. The highest BCUT2D eigenvalue weighted by Crippen LogP contribution is 2.40. The number of hydrogen-bond donors (Lipinski definition) is 0. The molecule has 0 radical (unpaired) electrons. The summed E-state index contributed by atoms with van der Waals surface area (Å²) in [6, 6.07) is 33.7. The molecule has 4 nitrogen and oxygen atoms in total. The predicted octanol–water partition coefficient (Wildman–Crippen LogP) is 7.20. The maximum absolute atomic E-state index is 12.7. The van der Waals surface area contributed by atoms with Gasteiger partial charge in [-0.05, 0) is 35.4 Å². The summed E-state index contributed by atoms with van der Waals surface area (Å²) in [5.74, 6) is -0.772. The van der Waals surface area contributed by atoms with Crippen LogP contribution in [-0.2, 0) is 22.7 Å². The molecule has 0 fully saturated rings. The molecule has 0 aliphatic rings. The van der Waals surface area contributed by atoms with Gasteiger partial charge in [0, 0.05) is 9.79 Å². The molecule has 34 heavy (non-hydrogen) atoms. The highest BCUT2D eigenvalue weighted by Gasteiger charge is 2.17. The molecule has 4 aromatic carbocycles. The second-order valence-electron chi connectivity index (χ2n) is 7.28. The zero-order valence-corrected chi connectivity index (χ0v) is 19.9. The van der Waals surface area contributed by atoms with E-state index in [0.717, 1.165) is 20.9 Å². The average molecular weight is 487 g/mol. The minimum absolute atomic E-state index is 0.210. The molecule has 0 heterocycles. The Kier molecular flexibility index (Phi) is 8.43. The Hall–Kier alpha value is -3.48. The minimum atomic E-state index is -0.386. The van der Waals surface area contributed by atoms with Crippen LogP contribution in [0.3, 0.4) is 0 Å². The maximum Gasteiger partial charge on any atom is 0.339 e. The van der Waals surface area contributed by atoms with E-state index in [-0.39, 0.29) is 25.2 Å². The fourth-order valence-electron chi connectivity index (χ4n) is 3.11. The highest BCUT2D eigenvalue weighted by atomic mass is 33.1. The third-order valence-corrected chi connectivity index (χ3v) is 7.34. The first kappa shape index (κ1) is 23.7. The van der Waals surface area contributed by atoms with Gasteiger partial charge in [-0.2, -0.15) is 0 Å². The first-order valence-electron chi connectivity index (χ1n) is 10.7. The normalized spacial score (nSPS) is 10.5. The number of ether oxygens (including phenoxy) is 2. The van der Waals surface area contributed by atoms with Crippen LogP contribution >= 0.6 is 21.6 Å². The van der Waals surface area contributed by atoms with Crippen LogP contribution in [0.1, 0.15) is 31.8 Å². The van der Waals surface area contributed by atoms with E-state index in [2.05, 4.69) is 0 Å². The predicted molar refractivity (Wildman–Crippen MR) is 136 cm³/mol. The van der Waals surface area contributed by atoms with Crippen LogP contribution in [0.4, 0.5) is 0 Å². The molecule has 0 aliphatic carbocycles. The zero-order valence-electron chi connectivity index (χ0n) is 18.3. The molecule has 0 aromatic heterocycles. The van der Waals surface area contributed by atoms with E-state index in [4.69, 9.17) is 9.47 Å². The molecule has 0 atom stereocenters. The minimum Gasteiger partial charge on any atom is -0.457 e. The summed E-state index contributed by atoms with van der Waals surface area (Å²) >= 11 is 0. The molecule has 0 bridgehead atoms. The lowest BCUT2D eigenvalue weighted by molar-refractivity contribution is 0.0460. The van der Waals surface area contributed by atoms with Gasteiger partial charge in [-0.15, -0.1) is 0 Å².